The van der Waals surface area contributed by atoms with Crippen LogP contribution >= 0.6 is 0 Å². The van der Waals surface area contributed by atoms with Gasteiger partial charge in [0.05, 0.1) is 29.0 Å². The summed E-state index contributed by atoms with van der Waals surface area (Å²) in [5.74, 6) is 0.957. The van der Waals surface area contributed by atoms with Gasteiger partial charge in [0.1, 0.15) is 0 Å². The minimum atomic E-state index is 0.429. The van der Waals surface area contributed by atoms with Crippen molar-refractivity contribution in [2.24, 2.45) is 0 Å². The summed E-state index contributed by atoms with van der Waals surface area (Å²) in [5, 5.41) is 12.9. The number of nitriles is 1. The highest BCUT2D eigenvalue weighted by atomic mass is 16.5. The van der Waals surface area contributed by atoms with Gasteiger partial charge in [0.15, 0.2) is 0 Å². The standard InChI is InChI=1S/C18H13N5O/c1-2-23-11-20-15-8-7-14(9-16(15)23)17-21-18(24-22-17)13-5-3-12(10-19)4-6-13/h3-9,11H,2H2,1H3. The fourth-order valence-corrected chi connectivity index (χ4v) is 2.59. The zero-order chi connectivity index (χ0) is 16.5. The van der Waals surface area contributed by atoms with Crippen LogP contribution < -0.4 is 0 Å². The number of rotatable bonds is 3. The molecule has 116 valence electrons. The lowest BCUT2D eigenvalue weighted by atomic mass is 10.1. The normalized spacial score (nSPS) is 10.8. The van der Waals surface area contributed by atoms with Crippen molar-refractivity contribution in [1.82, 2.24) is 19.7 Å². The van der Waals surface area contributed by atoms with E-state index < -0.39 is 0 Å². The number of hydrogen-bond donors (Lipinski definition) is 0. The average molecular weight is 315 g/mol. The molecule has 6 nitrogen and oxygen atoms in total. The molecule has 0 saturated carbocycles. The van der Waals surface area contributed by atoms with Crippen LogP contribution in [0.5, 0.6) is 0 Å². The quantitative estimate of drug-likeness (QED) is 0.576. The number of fused-ring (bicyclic) bond motifs is 1. The number of aromatic nitrogens is 4. The van der Waals surface area contributed by atoms with Gasteiger partial charge in [-0.2, -0.15) is 10.2 Å². The molecule has 0 amide bonds. The summed E-state index contributed by atoms with van der Waals surface area (Å²) in [6.45, 7) is 2.92. The van der Waals surface area contributed by atoms with E-state index in [-0.39, 0.29) is 0 Å². The largest absolute Gasteiger partial charge is 0.334 e. The summed E-state index contributed by atoms with van der Waals surface area (Å²) < 4.78 is 7.43. The Morgan fingerprint density at radius 1 is 1.12 bits per heavy atom. The zero-order valence-corrected chi connectivity index (χ0v) is 13.0. The Balaban J connectivity index is 1.72. The van der Waals surface area contributed by atoms with Crippen LogP contribution in [0.3, 0.4) is 0 Å². The lowest BCUT2D eigenvalue weighted by Gasteiger charge is -2.00. The topological polar surface area (TPSA) is 80.5 Å². The molecule has 0 spiro atoms. The van der Waals surface area contributed by atoms with E-state index in [1.165, 1.54) is 0 Å². The van der Waals surface area contributed by atoms with Crippen LogP contribution in [-0.2, 0) is 6.54 Å². The highest BCUT2D eigenvalue weighted by molar-refractivity contribution is 5.80. The van der Waals surface area contributed by atoms with Crippen molar-refractivity contribution in [3.8, 4) is 28.9 Å². The van der Waals surface area contributed by atoms with E-state index in [2.05, 4.69) is 32.7 Å². The molecule has 4 rings (SSSR count). The van der Waals surface area contributed by atoms with Crippen molar-refractivity contribution in [2.45, 2.75) is 13.5 Å². The average Bonchev–Trinajstić information content (AvgIpc) is 3.28. The van der Waals surface area contributed by atoms with E-state index in [0.29, 0.717) is 17.3 Å². The van der Waals surface area contributed by atoms with Gasteiger partial charge < -0.3 is 9.09 Å². The third kappa shape index (κ3) is 2.32. The van der Waals surface area contributed by atoms with Crippen LogP contribution in [0, 0.1) is 11.3 Å². The SMILES string of the molecule is CCn1cnc2ccc(-c3noc(-c4ccc(C#N)cc4)n3)cc21. The molecule has 0 atom stereocenters. The van der Waals surface area contributed by atoms with Crippen molar-refractivity contribution >= 4 is 11.0 Å². The fraction of sp³-hybridized carbons (Fsp3) is 0.111. The van der Waals surface area contributed by atoms with Gasteiger partial charge >= 0.3 is 0 Å². The maximum absolute atomic E-state index is 8.85. The molecule has 0 radical (unpaired) electrons. The zero-order valence-electron chi connectivity index (χ0n) is 13.0. The first-order valence-electron chi connectivity index (χ1n) is 7.58. The van der Waals surface area contributed by atoms with E-state index >= 15 is 0 Å². The first-order chi connectivity index (χ1) is 11.8. The van der Waals surface area contributed by atoms with E-state index in [9.17, 15) is 0 Å². The molecule has 0 unspecified atom stereocenters. The third-order valence-electron chi connectivity index (χ3n) is 3.91. The van der Waals surface area contributed by atoms with E-state index in [4.69, 9.17) is 9.78 Å². The second-order valence-electron chi connectivity index (χ2n) is 5.35. The molecule has 24 heavy (non-hydrogen) atoms. The highest BCUT2D eigenvalue weighted by Crippen LogP contribution is 2.25. The van der Waals surface area contributed by atoms with Crippen LogP contribution in [0.15, 0.2) is 53.3 Å². The predicted octanol–water partition coefficient (Wildman–Crippen LogP) is 3.64. The van der Waals surface area contributed by atoms with Crippen LogP contribution in [0.1, 0.15) is 12.5 Å². The highest BCUT2D eigenvalue weighted by Gasteiger charge is 2.12. The Kier molecular flexibility index (Phi) is 3.32. The Labute approximate surface area is 138 Å². The van der Waals surface area contributed by atoms with Crippen LogP contribution in [0.2, 0.25) is 0 Å². The van der Waals surface area contributed by atoms with E-state index in [1.54, 1.807) is 24.3 Å². The monoisotopic (exact) mass is 315 g/mol. The summed E-state index contributed by atoms with van der Waals surface area (Å²) in [4.78, 5) is 8.83. The maximum Gasteiger partial charge on any atom is 0.258 e. The van der Waals surface area contributed by atoms with E-state index in [0.717, 1.165) is 28.7 Å². The maximum atomic E-state index is 8.85. The van der Waals surface area contributed by atoms with Crippen LogP contribution in [-0.4, -0.2) is 19.7 Å². The lowest BCUT2D eigenvalue weighted by Crippen LogP contribution is -1.91. The lowest BCUT2D eigenvalue weighted by molar-refractivity contribution is 0.432. The first-order valence-corrected chi connectivity index (χ1v) is 7.58. The second kappa shape index (κ2) is 5.63. The summed E-state index contributed by atoms with van der Waals surface area (Å²) >= 11 is 0. The number of benzene rings is 2. The molecule has 0 bridgehead atoms. The van der Waals surface area contributed by atoms with Crippen LogP contribution in [0.25, 0.3) is 33.9 Å². The summed E-state index contributed by atoms with van der Waals surface area (Å²) in [5.41, 5.74) is 4.24. The molecular weight excluding hydrogens is 302 g/mol. The Hall–Kier alpha value is -3.46. The van der Waals surface area contributed by atoms with Gasteiger partial charge in [-0.3, -0.25) is 0 Å². The molecule has 0 aliphatic rings. The number of aryl methyl sites for hydroxylation is 1. The smallest absolute Gasteiger partial charge is 0.258 e. The molecule has 0 fully saturated rings. The molecule has 0 aliphatic carbocycles. The minimum Gasteiger partial charge on any atom is -0.334 e. The van der Waals surface area contributed by atoms with Crippen LogP contribution in [0.4, 0.5) is 0 Å². The van der Waals surface area contributed by atoms with Crippen molar-refractivity contribution in [1.29, 1.82) is 5.26 Å². The second-order valence-corrected chi connectivity index (χ2v) is 5.35. The van der Waals surface area contributed by atoms with Gasteiger partial charge in [-0.15, -0.1) is 0 Å². The van der Waals surface area contributed by atoms with Gasteiger partial charge in [0.25, 0.3) is 5.89 Å². The molecule has 0 N–H and O–H groups in total. The van der Waals surface area contributed by atoms with Crippen molar-refractivity contribution < 1.29 is 4.52 Å². The Bertz CT molecular complexity index is 1050. The van der Waals surface area contributed by atoms with Gasteiger partial charge in [-0.25, -0.2) is 4.98 Å². The molecule has 6 heteroatoms. The molecule has 0 saturated heterocycles. The third-order valence-corrected chi connectivity index (χ3v) is 3.91. The van der Waals surface area contributed by atoms with Crippen molar-refractivity contribution in [2.75, 3.05) is 0 Å². The van der Waals surface area contributed by atoms with Gasteiger partial charge in [-0.05, 0) is 49.4 Å². The molecule has 0 aliphatic heterocycles. The van der Waals surface area contributed by atoms with Gasteiger partial charge in [0.2, 0.25) is 5.82 Å². The Morgan fingerprint density at radius 3 is 2.67 bits per heavy atom. The number of hydrogen-bond acceptors (Lipinski definition) is 5. The Morgan fingerprint density at radius 2 is 1.92 bits per heavy atom. The number of nitrogens with zero attached hydrogens (tertiary/aromatic N) is 5. The molecule has 2 aromatic carbocycles. The fourth-order valence-electron chi connectivity index (χ4n) is 2.59. The van der Waals surface area contributed by atoms with Gasteiger partial charge in [-0.1, -0.05) is 5.16 Å². The molecule has 4 aromatic rings. The molecule has 2 aromatic heterocycles. The minimum absolute atomic E-state index is 0.429. The van der Waals surface area contributed by atoms with E-state index in [1.807, 2.05) is 24.5 Å². The van der Waals surface area contributed by atoms with Gasteiger partial charge in [0, 0.05) is 17.7 Å². The number of imidazole rings is 1. The summed E-state index contributed by atoms with van der Waals surface area (Å²) in [7, 11) is 0. The predicted molar refractivity (Wildman–Crippen MR) is 88.9 cm³/mol. The molecule has 2 heterocycles. The first kappa shape index (κ1) is 14.2. The molecular formula is C18H13N5O. The summed E-state index contributed by atoms with van der Waals surface area (Å²) in [6.07, 6.45) is 1.83. The van der Waals surface area contributed by atoms with Crippen molar-refractivity contribution in [3.63, 3.8) is 0 Å². The van der Waals surface area contributed by atoms with Crippen molar-refractivity contribution in [3.05, 3.63) is 54.4 Å². The summed E-state index contributed by atoms with van der Waals surface area (Å²) in [6, 6.07) is 15.0.